The molecule has 2 aromatic carbocycles. The molecule has 4 nitrogen and oxygen atoms in total. The van der Waals surface area contributed by atoms with E-state index < -0.39 is 0 Å². The van der Waals surface area contributed by atoms with Crippen LogP contribution >= 0.6 is 0 Å². The van der Waals surface area contributed by atoms with E-state index in [1.165, 1.54) is 42.5 Å². The Hall–Kier alpha value is -1.91. The van der Waals surface area contributed by atoms with Gasteiger partial charge in [-0.05, 0) is 10.8 Å². The Morgan fingerprint density at radius 2 is 1.70 bits per heavy atom. The second kappa shape index (κ2) is 7.57. The van der Waals surface area contributed by atoms with Crippen molar-refractivity contribution < 1.29 is 14.6 Å². The number of amides is 1. The van der Waals surface area contributed by atoms with E-state index in [4.69, 9.17) is 0 Å². The zero-order valence-electron chi connectivity index (χ0n) is 13.9. The lowest BCUT2D eigenvalue weighted by Gasteiger charge is -2.30. The van der Waals surface area contributed by atoms with Crippen LogP contribution in [0.4, 0.5) is 0 Å². The van der Waals surface area contributed by atoms with Crippen LogP contribution in [0.15, 0.2) is 42.5 Å². The number of carbonyl (C=O) groups is 1. The average molecular weight is 313 g/mol. The fraction of sp³-hybridized carbons (Fsp3) is 0.421. The van der Waals surface area contributed by atoms with Crippen LogP contribution in [0.5, 0.6) is 0 Å². The summed E-state index contributed by atoms with van der Waals surface area (Å²) in [5, 5.41) is 5.63. The van der Waals surface area contributed by atoms with E-state index in [1.54, 1.807) is 16.7 Å². The van der Waals surface area contributed by atoms with Gasteiger partial charge in [0.05, 0.1) is 13.1 Å². The highest BCUT2D eigenvalue weighted by molar-refractivity contribution is 5.85. The predicted octanol–water partition coefficient (Wildman–Crippen LogP) is -0.741. The Labute approximate surface area is 138 Å². The molecule has 1 fully saturated rings. The first kappa shape index (κ1) is 16.0. The van der Waals surface area contributed by atoms with E-state index >= 15 is 0 Å². The summed E-state index contributed by atoms with van der Waals surface area (Å²) in [7, 11) is 0. The van der Waals surface area contributed by atoms with Crippen LogP contribution in [0, 0.1) is 0 Å². The monoisotopic (exact) mass is 313 g/mol. The second-order valence-electron chi connectivity index (χ2n) is 6.55. The number of hydrogen-bond acceptors (Lipinski definition) is 1. The van der Waals surface area contributed by atoms with Gasteiger partial charge in [0.15, 0.2) is 0 Å². The molecule has 0 bridgehead atoms. The van der Waals surface area contributed by atoms with Crippen LogP contribution in [-0.4, -0.2) is 45.2 Å². The highest BCUT2D eigenvalue weighted by Crippen LogP contribution is 2.17. The van der Waals surface area contributed by atoms with Gasteiger partial charge in [-0.25, -0.2) is 0 Å². The molecule has 0 radical (unpaired) electrons. The number of quaternary nitrogens is 2. The Kier molecular flexibility index (Phi) is 5.26. The molecule has 0 saturated carbocycles. The van der Waals surface area contributed by atoms with Crippen molar-refractivity contribution >= 4 is 16.7 Å². The summed E-state index contributed by atoms with van der Waals surface area (Å²) < 4.78 is 0. The van der Waals surface area contributed by atoms with Crippen molar-refractivity contribution in [2.45, 2.75) is 13.5 Å². The standard InChI is InChI=1S/C19H25N3O/c1-16(23)20-9-10-21-11-13-22(14-12-21)15-18-7-4-6-17-5-2-3-8-19(17)18/h2-8H,9-15H2,1H3,(H,20,23)/p+2. The summed E-state index contributed by atoms with van der Waals surface area (Å²) >= 11 is 0. The predicted molar refractivity (Wildman–Crippen MR) is 92.6 cm³/mol. The van der Waals surface area contributed by atoms with Crippen molar-refractivity contribution in [1.82, 2.24) is 5.32 Å². The van der Waals surface area contributed by atoms with Crippen molar-refractivity contribution in [3.63, 3.8) is 0 Å². The molecule has 1 saturated heterocycles. The van der Waals surface area contributed by atoms with Gasteiger partial charge in [0.2, 0.25) is 5.91 Å². The van der Waals surface area contributed by atoms with Crippen LogP contribution in [0.3, 0.4) is 0 Å². The SMILES string of the molecule is CC(=O)NCC[NH+]1CC[NH+](Cc2cccc3ccccc23)CC1. The number of benzene rings is 2. The maximum Gasteiger partial charge on any atom is 0.217 e. The number of nitrogens with one attached hydrogen (secondary N) is 3. The molecule has 2 aromatic rings. The van der Waals surface area contributed by atoms with Gasteiger partial charge in [-0.1, -0.05) is 42.5 Å². The summed E-state index contributed by atoms with van der Waals surface area (Å²) in [5.41, 5.74) is 1.46. The first-order valence-corrected chi connectivity index (χ1v) is 8.60. The molecular weight excluding hydrogens is 286 g/mol. The van der Waals surface area contributed by atoms with Crippen molar-refractivity contribution in [1.29, 1.82) is 0 Å². The molecule has 0 atom stereocenters. The van der Waals surface area contributed by atoms with E-state index in [9.17, 15) is 4.79 Å². The molecule has 4 heteroatoms. The quantitative estimate of drug-likeness (QED) is 0.668. The molecule has 3 rings (SSSR count). The largest absolute Gasteiger partial charge is 0.351 e. The summed E-state index contributed by atoms with van der Waals surface area (Å²) in [6, 6.07) is 15.3. The number of carbonyl (C=O) groups excluding carboxylic acids is 1. The van der Waals surface area contributed by atoms with E-state index in [-0.39, 0.29) is 5.91 Å². The fourth-order valence-corrected chi connectivity index (χ4v) is 3.52. The van der Waals surface area contributed by atoms with Gasteiger partial charge in [0.25, 0.3) is 0 Å². The lowest BCUT2D eigenvalue weighted by Crippen LogP contribution is -3.27. The van der Waals surface area contributed by atoms with Crippen LogP contribution in [0.2, 0.25) is 0 Å². The smallest absolute Gasteiger partial charge is 0.217 e. The molecule has 0 aliphatic carbocycles. The minimum atomic E-state index is 0.0737. The first-order valence-electron chi connectivity index (χ1n) is 8.60. The Bertz CT molecular complexity index is 657. The van der Waals surface area contributed by atoms with Gasteiger partial charge in [-0.15, -0.1) is 0 Å². The number of piperazine rings is 1. The average Bonchev–Trinajstić information content (AvgIpc) is 2.56. The molecule has 0 spiro atoms. The van der Waals surface area contributed by atoms with Crippen molar-refractivity contribution in [3.8, 4) is 0 Å². The highest BCUT2D eigenvalue weighted by atomic mass is 16.1. The number of hydrogen-bond donors (Lipinski definition) is 3. The minimum absolute atomic E-state index is 0.0737. The topological polar surface area (TPSA) is 38.0 Å². The Balaban J connectivity index is 1.53. The molecule has 1 amide bonds. The van der Waals surface area contributed by atoms with Gasteiger partial charge in [-0.2, -0.15) is 0 Å². The third-order valence-electron chi connectivity index (χ3n) is 4.84. The summed E-state index contributed by atoms with van der Waals surface area (Å²) in [6.45, 7) is 9.34. The maximum absolute atomic E-state index is 10.9. The van der Waals surface area contributed by atoms with E-state index in [0.29, 0.717) is 0 Å². The van der Waals surface area contributed by atoms with E-state index in [0.717, 1.165) is 19.6 Å². The molecule has 23 heavy (non-hydrogen) atoms. The normalized spacial score (nSPS) is 21.3. The van der Waals surface area contributed by atoms with Crippen LogP contribution in [0.1, 0.15) is 12.5 Å². The third-order valence-corrected chi connectivity index (χ3v) is 4.84. The third kappa shape index (κ3) is 4.30. The molecule has 1 aliphatic rings. The van der Waals surface area contributed by atoms with Gasteiger partial charge in [0, 0.05) is 12.5 Å². The fourth-order valence-electron chi connectivity index (χ4n) is 3.52. The molecule has 1 aliphatic heterocycles. The first-order chi connectivity index (χ1) is 11.2. The summed E-state index contributed by atoms with van der Waals surface area (Å²) in [6.07, 6.45) is 0. The summed E-state index contributed by atoms with van der Waals surface area (Å²) in [5.74, 6) is 0.0737. The van der Waals surface area contributed by atoms with Gasteiger partial charge in [-0.3, -0.25) is 4.79 Å². The Morgan fingerprint density at radius 1 is 1.00 bits per heavy atom. The zero-order chi connectivity index (χ0) is 16.1. The zero-order valence-corrected chi connectivity index (χ0v) is 13.9. The van der Waals surface area contributed by atoms with Crippen molar-refractivity contribution in [3.05, 3.63) is 48.0 Å². The summed E-state index contributed by atoms with van der Waals surface area (Å²) in [4.78, 5) is 14.2. The van der Waals surface area contributed by atoms with Crippen LogP contribution in [-0.2, 0) is 11.3 Å². The van der Waals surface area contributed by atoms with Crippen molar-refractivity contribution in [2.75, 3.05) is 39.3 Å². The Morgan fingerprint density at radius 3 is 2.48 bits per heavy atom. The van der Waals surface area contributed by atoms with Crippen LogP contribution < -0.4 is 15.1 Å². The lowest BCUT2D eigenvalue weighted by atomic mass is 10.0. The lowest BCUT2D eigenvalue weighted by molar-refractivity contribution is -1.02. The van der Waals surface area contributed by atoms with Crippen LogP contribution in [0.25, 0.3) is 10.8 Å². The molecule has 0 aromatic heterocycles. The highest BCUT2D eigenvalue weighted by Gasteiger charge is 2.23. The number of rotatable bonds is 5. The molecule has 0 unspecified atom stereocenters. The molecular formula is C19H27N3O+2. The second-order valence-corrected chi connectivity index (χ2v) is 6.55. The van der Waals surface area contributed by atoms with Gasteiger partial charge < -0.3 is 15.1 Å². The van der Waals surface area contributed by atoms with Crippen molar-refractivity contribution in [2.24, 2.45) is 0 Å². The van der Waals surface area contributed by atoms with E-state index in [2.05, 4.69) is 47.8 Å². The van der Waals surface area contributed by atoms with Gasteiger partial charge in [0.1, 0.15) is 32.7 Å². The molecule has 122 valence electrons. The number of fused-ring (bicyclic) bond motifs is 1. The van der Waals surface area contributed by atoms with E-state index in [1.807, 2.05) is 0 Å². The van der Waals surface area contributed by atoms with Gasteiger partial charge >= 0.3 is 0 Å². The molecule has 1 heterocycles. The molecule has 3 N–H and O–H groups in total. The minimum Gasteiger partial charge on any atom is -0.351 e. The maximum atomic E-state index is 10.9.